The summed E-state index contributed by atoms with van der Waals surface area (Å²) in [6.07, 6.45) is 0.0231. The minimum Gasteiger partial charge on any atom is -0.318 e. The van der Waals surface area contributed by atoms with E-state index in [2.05, 4.69) is 27.7 Å². The van der Waals surface area contributed by atoms with Crippen molar-refractivity contribution in [3.05, 3.63) is 22.4 Å². The Morgan fingerprint density at radius 3 is 3.20 bits per heavy atom. The van der Waals surface area contributed by atoms with E-state index in [1.54, 1.807) is 11.3 Å². The van der Waals surface area contributed by atoms with Crippen molar-refractivity contribution in [2.75, 3.05) is 20.1 Å². The number of hydrogen-bond acceptors (Lipinski definition) is 3. The Kier molecular flexibility index (Phi) is 3.72. The Bertz CT molecular complexity index is 289. The molecule has 2 rings (SSSR count). The molecule has 1 aromatic rings. The van der Waals surface area contributed by atoms with Crippen LogP contribution in [-0.2, 0) is 6.54 Å². The van der Waals surface area contributed by atoms with E-state index < -0.39 is 6.17 Å². The van der Waals surface area contributed by atoms with Crippen molar-refractivity contribution in [1.29, 1.82) is 0 Å². The van der Waals surface area contributed by atoms with Crippen molar-refractivity contribution < 1.29 is 4.39 Å². The van der Waals surface area contributed by atoms with Crippen molar-refractivity contribution in [2.24, 2.45) is 0 Å². The normalized spacial score (nSPS) is 27.3. The fraction of sp³-hybridized carbons (Fsp3) is 0.636. The lowest BCUT2D eigenvalue weighted by Gasteiger charge is -2.22. The summed E-state index contributed by atoms with van der Waals surface area (Å²) in [5.74, 6) is 0. The van der Waals surface area contributed by atoms with Crippen LogP contribution >= 0.6 is 11.3 Å². The molecule has 2 atom stereocenters. The van der Waals surface area contributed by atoms with Gasteiger partial charge in [0.2, 0.25) is 0 Å². The molecule has 1 N–H and O–H groups in total. The Labute approximate surface area is 94.1 Å². The fourth-order valence-corrected chi connectivity index (χ4v) is 2.90. The average Bonchev–Trinajstić information content (AvgIpc) is 2.78. The third-order valence-electron chi connectivity index (χ3n) is 2.86. The number of nitrogens with one attached hydrogen (secondary N) is 1. The van der Waals surface area contributed by atoms with Gasteiger partial charge in [-0.25, -0.2) is 4.39 Å². The van der Waals surface area contributed by atoms with E-state index in [-0.39, 0.29) is 0 Å². The summed E-state index contributed by atoms with van der Waals surface area (Å²) in [4.78, 5) is 3.57. The molecule has 84 valence electrons. The zero-order valence-corrected chi connectivity index (χ0v) is 9.77. The topological polar surface area (TPSA) is 15.3 Å². The summed E-state index contributed by atoms with van der Waals surface area (Å²) >= 11 is 1.75. The zero-order chi connectivity index (χ0) is 10.7. The van der Waals surface area contributed by atoms with E-state index in [1.807, 2.05) is 7.05 Å². The molecule has 1 aliphatic heterocycles. The SMILES string of the molecule is CNC[C@@H]1C[C@H](F)CN1Cc1cccs1. The Morgan fingerprint density at radius 1 is 1.67 bits per heavy atom. The molecule has 1 fully saturated rings. The standard InChI is InChI=1S/C11H17FN2S/c1-13-6-10-5-9(12)7-14(10)8-11-3-2-4-15-11/h2-4,9-10,13H,5-8H2,1H3/t9-,10-/m0/s1. The van der Waals surface area contributed by atoms with Crippen LogP contribution in [0.1, 0.15) is 11.3 Å². The number of rotatable bonds is 4. The molecule has 1 aromatic heterocycles. The predicted molar refractivity (Wildman–Crippen MR) is 62.0 cm³/mol. The van der Waals surface area contributed by atoms with Gasteiger partial charge in [0, 0.05) is 30.6 Å². The first-order chi connectivity index (χ1) is 7.29. The molecule has 1 saturated heterocycles. The molecule has 0 unspecified atom stereocenters. The van der Waals surface area contributed by atoms with E-state index in [1.165, 1.54) is 4.88 Å². The van der Waals surface area contributed by atoms with E-state index in [9.17, 15) is 4.39 Å². The van der Waals surface area contributed by atoms with Gasteiger partial charge in [0.15, 0.2) is 0 Å². The highest BCUT2D eigenvalue weighted by Gasteiger charge is 2.31. The van der Waals surface area contributed by atoms with E-state index in [4.69, 9.17) is 0 Å². The summed E-state index contributed by atoms with van der Waals surface area (Å²) in [7, 11) is 1.93. The third kappa shape index (κ3) is 2.77. The second-order valence-corrected chi connectivity index (χ2v) is 5.09. The largest absolute Gasteiger partial charge is 0.318 e. The van der Waals surface area contributed by atoms with Crippen LogP contribution in [0.4, 0.5) is 4.39 Å². The maximum atomic E-state index is 13.3. The van der Waals surface area contributed by atoms with Gasteiger partial charge < -0.3 is 5.32 Å². The summed E-state index contributed by atoms with van der Waals surface area (Å²) in [6, 6.07) is 4.52. The van der Waals surface area contributed by atoms with E-state index >= 15 is 0 Å². The predicted octanol–water partition coefficient (Wildman–Crippen LogP) is 1.88. The van der Waals surface area contributed by atoms with Crippen molar-refractivity contribution in [3.8, 4) is 0 Å². The van der Waals surface area contributed by atoms with E-state index in [0.717, 1.165) is 13.1 Å². The number of likely N-dealkylation sites (tertiary alicyclic amines) is 1. The van der Waals surface area contributed by atoms with Crippen LogP contribution in [0.5, 0.6) is 0 Å². The molecule has 0 amide bonds. The van der Waals surface area contributed by atoms with Gasteiger partial charge in [0.05, 0.1) is 0 Å². The Hall–Kier alpha value is -0.450. The summed E-state index contributed by atoms with van der Waals surface area (Å²) in [6.45, 7) is 2.36. The highest BCUT2D eigenvalue weighted by molar-refractivity contribution is 7.09. The zero-order valence-electron chi connectivity index (χ0n) is 8.95. The van der Waals surface area contributed by atoms with Crippen LogP contribution in [0, 0.1) is 0 Å². The lowest BCUT2D eigenvalue weighted by molar-refractivity contribution is 0.234. The van der Waals surface area contributed by atoms with Gasteiger partial charge in [0.1, 0.15) is 6.17 Å². The molecule has 15 heavy (non-hydrogen) atoms. The number of likely N-dealkylation sites (N-methyl/N-ethyl adjacent to an activating group) is 1. The van der Waals surface area contributed by atoms with Crippen molar-refractivity contribution in [1.82, 2.24) is 10.2 Å². The number of alkyl halides is 1. The van der Waals surface area contributed by atoms with Crippen LogP contribution in [0.25, 0.3) is 0 Å². The first-order valence-corrected chi connectivity index (χ1v) is 6.22. The van der Waals surface area contributed by atoms with Crippen LogP contribution in [0.15, 0.2) is 17.5 Å². The molecule has 0 saturated carbocycles. The monoisotopic (exact) mass is 228 g/mol. The second-order valence-electron chi connectivity index (χ2n) is 4.05. The molecule has 1 aliphatic rings. The molecule has 4 heteroatoms. The maximum absolute atomic E-state index is 13.3. The lowest BCUT2D eigenvalue weighted by atomic mass is 10.2. The van der Waals surface area contributed by atoms with Crippen LogP contribution < -0.4 is 5.32 Å². The van der Waals surface area contributed by atoms with Gasteiger partial charge in [-0.2, -0.15) is 0 Å². The van der Waals surface area contributed by atoms with Gasteiger partial charge in [-0.15, -0.1) is 11.3 Å². The molecule has 0 aromatic carbocycles. The second kappa shape index (κ2) is 5.05. The number of thiophene rings is 1. The minimum absolute atomic E-state index is 0.354. The average molecular weight is 228 g/mol. The molecule has 2 nitrogen and oxygen atoms in total. The maximum Gasteiger partial charge on any atom is 0.114 e. The first kappa shape index (κ1) is 11.0. The quantitative estimate of drug-likeness (QED) is 0.846. The van der Waals surface area contributed by atoms with Gasteiger partial charge >= 0.3 is 0 Å². The first-order valence-electron chi connectivity index (χ1n) is 5.34. The fourth-order valence-electron chi connectivity index (χ4n) is 2.17. The van der Waals surface area contributed by atoms with Crippen molar-refractivity contribution >= 4 is 11.3 Å². The summed E-state index contributed by atoms with van der Waals surface area (Å²) < 4.78 is 13.3. The molecular weight excluding hydrogens is 211 g/mol. The molecule has 0 aliphatic carbocycles. The van der Waals surface area contributed by atoms with Gasteiger partial charge in [-0.05, 0) is 24.9 Å². The van der Waals surface area contributed by atoms with Crippen LogP contribution in [-0.4, -0.2) is 37.3 Å². The summed E-state index contributed by atoms with van der Waals surface area (Å²) in [5.41, 5.74) is 0. The smallest absolute Gasteiger partial charge is 0.114 e. The molecule has 0 bridgehead atoms. The molecule has 2 heterocycles. The summed E-state index contributed by atoms with van der Waals surface area (Å²) in [5, 5.41) is 5.21. The van der Waals surface area contributed by atoms with Crippen LogP contribution in [0.3, 0.4) is 0 Å². The third-order valence-corrected chi connectivity index (χ3v) is 3.72. The number of halogens is 1. The highest BCUT2D eigenvalue weighted by Crippen LogP contribution is 2.23. The van der Waals surface area contributed by atoms with Crippen molar-refractivity contribution in [3.63, 3.8) is 0 Å². The minimum atomic E-state index is -0.650. The van der Waals surface area contributed by atoms with Crippen LogP contribution in [0.2, 0.25) is 0 Å². The molecule has 0 radical (unpaired) electrons. The van der Waals surface area contributed by atoms with Gasteiger partial charge in [-0.3, -0.25) is 4.90 Å². The number of nitrogens with zero attached hydrogens (tertiary/aromatic N) is 1. The Morgan fingerprint density at radius 2 is 2.53 bits per heavy atom. The molecule has 0 spiro atoms. The highest BCUT2D eigenvalue weighted by atomic mass is 32.1. The molecular formula is C11H17FN2S. The van der Waals surface area contributed by atoms with Crippen molar-refractivity contribution in [2.45, 2.75) is 25.2 Å². The Balaban J connectivity index is 1.94. The van der Waals surface area contributed by atoms with E-state index in [0.29, 0.717) is 19.0 Å². The van der Waals surface area contributed by atoms with Gasteiger partial charge in [0.25, 0.3) is 0 Å². The number of hydrogen-bond donors (Lipinski definition) is 1. The van der Waals surface area contributed by atoms with Gasteiger partial charge in [-0.1, -0.05) is 6.07 Å². The lowest BCUT2D eigenvalue weighted by Crippen LogP contribution is -2.36.